The van der Waals surface area contributed by atoms with Gasteiger partial charge in [0.15, 0.2) is 0 Å². The molecule has 0 aliphatic rings. The summed E-state index contributed by atoms with van der Waals surface area (Å²) < 4.78 is 0. The molecule has 0 N–H and O–H groups in total. The predicted octanol–water partition coefficient (Wildman–Crippen LogP) is 1.28. The lowest BCUT2D eigenvalue weighted by Gasteiger charge is -1.86. The van der Waals surface area contributed by atoms with Gasteiger partial charge in [-0.3, -0.25) is 0 Å². The van der Waals surface area contributed by atoms with Crippen LogP contribution < -0.4 is 0 Å². The van der Waals surface area contributed by atoms with Crippen molar-refractivity contribution in [1.29, 1.82) is 0 Å². The Morgan fingerprint density at radius 1 is 1.18 bits per heavy atom. The highest BCUT2D eigenvalue weighted by molar-refractivity contribution is 5.74. The maximum atomic E-state index is 4.18. The maximum absolute atomic E-state index is 4.18. The summed E-state index contributed by atoms with van der Waals surface area (Å²) in [6.07, 6.45) is 0. The summed E-state index contributed by atoms with van der Waals surface area (Å²) >= 11 is 0. The van der Waals surface area contributed by atoms with Gasteiger partial charge in [-0.25, -0.2) is 0 Å². The van der Waals surface area contributed by atoms with Crippen LogP contribution in [0, 0.1) is 6.92 Å². The van der Waals surface area contributed by atoms with Gasteiger partial charge in [0.1, 0.15) is 11.0 Å². The van der Waals surface area contributed by atoms with E-state index in [0.717, 1.165) is 11.0 Å². The highest BCUT2D eigenvalue weighted by atomic mass is 15.4. The molecular formula is C8H9N3. The third kappa shape index (κ3) is 0.981. The number of fused-ring (bicyclic) bond motifs is 1. The first-order chi connectivity index (χ1) is 5.25. The third-order valence-corrected chi connectivity index (χ3v) is 1.64. The Labute approximate surface area is 64.6 Å². The van der Waals surface area contributed by atoms with Crippen molar-refractivity contribution in [2.75, 3.05) is 0 Å². The van der Waals surface area contributed by atoms with Crippen LogP contribution in [0.15, 0.2) is 18.2 Å². The van der Waals surface area contributed by atoms with Crippen LogP contribution in [-0.4, -0.2) is 15.0 Å². The number of hydrogen-bond donors (Lipinski definition) is 0. The van der Waals surface area contributed by atoms with Crippen molar-refractivity contribution in [2.45, 2.75) is 6.92 Å². The molecule has 0 saturated heterocycles. The number of benzene rings is 1. The quantitative estimate of drug-likeness (QED) is 0.562. The van der Waals surface area contributed by atoms with E-state index in [9.17, 15) is 0 Å². The van der Waals surface area contributed by atoms with Gasteiger partial charge in [-0.15, -0.1) is 0 Å². The zero-order valence-electron chi connectivity index (χ0n) is 6.57. The lowest BCUT2D eigenvalue weighted by atomic mass is 10.2. The average Bonchev–Trinajstić information content (AvgIpc) is 2.27. The minimum absolute atomic E-state index is 0.957. The first-order valence-corrected chi connectivity index (χ1v) is 3.53. The molecule has 0 unspecified atom stereocenters. The zero-order chi connectivity index (χ0) is 7.84. The van der Waals surface area contributed by atoms with Crippen LogP contribution in [0.2, 0.25) is 0 Å². The van der Waals surface area contributed by atoms with E-state index in [1.807, 2.05) is 32.2 Å². The second-order valence-corrected chi connectivity index (χ2v) is 2.68. The molecule has 3 nitrogen and oxygen atoms in total. The lowest BCUT2D eigenvalue weighted by Crippen LogP contribution is -1.90. The van der Waals surface area contributed by atoms with Crippen LogP contribution in [0.25, 0.3) is 11.0 Å². The molecule has 0 radical (unpaired) electrons. The van der Waals surface area contributed by atoms with Gasteiger partial charge in [0, 0.05) is 7.05 Å². The highest BCUT2D eigenvalue weighted by Gasteiger charge is 1.97. The Morgan fingerprint density at radius 2 is 1.91 bits per heavy atom. The first kappa shape index (κ1) is 6.34. The Morgan fingerprint density at radius 3 is 2.73 bits per heavy atom. The fourth-order valence-corrected chi connectivity index (χ4v) is 1.13. The maximum Gasteiger partial charge on any atom is 0.113 e. The molecule has 2 aromatic rings. The molecule has 0 spiro atoms. The zero-order valence-corrected chi connectivity index (χ0v) is 6.57. The van der Waals surface area contributed by atoms with E-state index < -0.39 is 0 Å². The lowest BCUT2D eigenvalue weighted by molar-refractivity contribution is 0.665. The number of aryl methyl sites for hydroxylation is 2. The fraction of sp³-hybridized carbons (Fsp3) is 0.250. The molecular weight excluding hydrogens is 138 g/mol. The van der Waals surface area contributed by atoms with Gasteiger partial charge in [0.2, 0.25) is 0 Å². The molecule has 0 fully saturated rings. The van der Waals surface area contributed by atoms with Gasteiger partial charge >= 0.3 is 0 Å². The molecule has 1 aromatic heterocycles. The highest BCUT2D eigenvalue weighted by Crippen LogP contribution is 2.09. The predicted molar refractivity (Wildman–Crippen MR) is 43.2 cm³/mol. The van der Waals surface area contributed by atoms with Crippen LogP contribution in [0.3, 0.4) is 0 Å². The molecule has 0 saturated carbocycles. The minimum atomic E-state index is 0.957. The fourth-order valence-electron chi connectivity index (χ4n) is 1.13. The molecule has 2 rings (SSSR count). The number of aromatic nitrogens is 3. The topological polar surface area (TPSA) is 30.7 Å². The van der Waals surface area contributed by atoms with E-state index in [-0.39, 0.29) is 0 Å². The Kier molecular flexibility index (Phi) is 1.18. The van der Waals surface area contributed by atoms with Gasteiger partial charge in [0.25, 0.3) is 0 Å². The summed E-state index contributed by atoms with van der Waals surface area (Å²) in [6, 6.07) is 6.05. The summed E-state index contributed by atoms with van der Waals surface area (Å²) in [4.78, 5) is 1.59. The minimum Gasteiger partial charge on any atom is -0.187 e. The van der Waals surface area contributed by atoms with Crippen LogP contribution in [0.1, 0.15) is 5.56 Å². The molecule has 56 valence electrons. The van der Waals surface area contributed by atoms with Crippen molar-refractivity contribution in [1.82, 2.24) is 15.0 Å². The van der Waals surface area contributed by atoms with Gasteiger partial charge < -0.3 is 0 Å². The second kappa shape index (κ2) is 2.05. The van der Waals surface area contributed by atoms with E-state index in [4.69, 9.17) is 0 Å². The Balaban J connectivity index is 2.82. The summed E-state index contributed by atoms with van der Waals surface area (Å²) in [7, 11) is 1.83. The van der Waals surface area contributed by atoms with Gasteiger partial charge in [0.05, 0.1) is 0 Å². The normalized spacial score (nSPS) is 10.7. The average molecular weight is 147 g/mol. The van der Waals surface area contributed by atoms with E-state index in [0.29, 0.717) is 0 Å². The summed E-state index contributed by atoms with van der Waals surface area (Å²) in [5.41, 5.74) is 3.14. The molecule has 3 heteroatoms. The van der Waals surface area contributed by atoms with Crippen molar-refractivity contribution < 1.29 is 0 Å². The van der Waals surface area contributed by atoms with E-state index in [1.54, 1.807) is 4.80 Å². The molecule has 1 aromatic carbocycles. The monoisotopic (exact) mass is 147 g/mol. The van der Waals surface area contributed by atoms with Crippen LogP contribution in [0.5, 0.6) is 0 Å². The number of nitrogens with zero attached hydrogens (tertiary/aromatic N) is 3. The van der Waals surface area contributed by atoms with Gasteiger partial charge in [-0.2, -0.15) is 15.0 Å². The van der Waals surface area contributed by atoms with Crippen LogP contribution in [0.4, 0.5) is 0 Å². The van der Waals surface area contributed by atoms with Crippen LogP contribution >= 0.6 is 0 Å². The summed E-state index contributed by atoms with van der Waals surface area (Å²) in [5, 5.41) is 8.34. The standard InChI is InChI=1S/C8H9N3/c1-6-3-4-7-8(5-6)10-11(2)9-7/h3-5H,1-2H3. The first-order valence-electron chi connectivity index (χ1n) is 3.53. The van der Waals surface area contributed by atoms with Gasteiger partial charge in [-0.1, -0.05) is 6.07 Å². The van der Waals surface area contributed by atoms with Crippen molar-refractivity contribution >= 4 is 11.0 Å². The van der Waals surface area contributed by atoms with Crippen molar-refractivity contribution in [3.63, 3.8) is 0 Å². The Hall–Kier alpha value is -1.38. The summed E-state index contributed by atoms with van der Waals surface area (Å²) in [5.74, 6) is 0. The third-order valence-electron chi connectivity index (χ3n) is 1.64. The molecule has 0 bridgehead atoms. The molecule has 0 amide bonds. The van der Waals surface area contributed by atoms with Crippen LogP contribution in [-0.2, 0) is 7.05 Å². The molecule has 0 aliphatic carbocycles. The van der Waals surface area contributed by atoms with Gasteiger partial charge in [-0.05, 0) is 24.6 Å². The Bertz CT molecular complexity index is 389. The second-order valence-electron chi connectivity index (χ2n) is 2.68. The molecule has 0 atom stereocenters. The van der Waals surface area contributed by atoms with Crippen molar-refractivity contribution in [2.24, 2.45) is 7.05 Å². The van der Waals surface area contributed by atoms with E-state index in [1.165, 1.54) is 5.56 Å². The molecule has 1 heterocycles. The largest absolute Gasteiger partial charge is 0.187 e. The molecule has 0 aliphatic heterocycles. The summed E-state index contributed by atoms with van der Waals surface area (Å²) in [6.45, 7) is 2.05. The number of rotatable bonds is 0. The van der Waals surface area contributed by atoms with Crippen molar-refractivity contribution in [3.05, 3.63) is 23.8 Å². The van der Waals surface area contributed by atoms with Crippen molar-refractivity contribution in [3.8, 4) is 0 Å². The van der Waals surface area contributed by atoms with E-state index in [2.05, 4.69) is 10.2 Å². The van der Waals surface area contributed by atoms with E-state index >= 15 is 0 Å². The number of hydrogen-bond acceptors (Lipinski definition) is 2. The SMILES string of the molecule is Cc1ccc2nn(C)nc2c1. The smallest absolute Gasteiger partial charge is 0.113 e. The molecule has 11 heavy (non-hydrogen) atoms.